The second-order valence-corrected chi connectivity index (χ2v) is 7.23. The molecule has 0 saturated heterocycles. The van der Waals surface area contributed by atoms with Crippen molar-refractivity contribution in [1.29, 1.82) is 0 Å². The summed E-state index contributed by atoms with van der Waals surface area (Å²) >= 11 is 1.72. The number of aromatic amines is 3. The van der Waals surface area contributed by atoms with E-state index in [0.717, 1.165) is 39.1 Å². The molecule has 0 saturated carbocycles. The fourth-order valence-electron chi connectivity index (χ4n) is 3.11. The number of thioether (sulfide) groups is 1. The Kier molecular flexibility index (Phi) is 4.10. The van der Waals surface area contributed by atoms with E-state index >= 15 is 0 Å². The van der Waals surface area contributed by atoms with Crippen molar-refractivity contribution in [2.75, 3.05) is 16.9 Å². The molecule has 2 aromatic carbocycles. The highest BCUT2D eigenvalue weighted by Gasteiger charge is 2.15. The molecule has 0 amide bonds. The van der Waals surface area contributed by atoms with Crippen LogP contribution in [0, 0.1) is 0 Å². The number of fused-ring (bicyclic) bond motifs is 2. The van der Waals surface area contributed by atoms with Crippen LogP contribution < -0.4 is 15.6 Å². The summed E-state index contributed by atoms with van der Waals surface area (Å²) in [5, 5.41) is 15.9. The van der Waals surface area contributed by atoms with Crippen molar-refractivity contribution < 1.29 is 4.98 Å². The third-order valence-electron chi connectivity index (χ3n) is 4.53. The Morgan fingerprint density at radius 2 is 1.86 bits per heavy atom. The molecule has 0 unspecified atom stereocenters. The van der Waals surface area contributed by atoms with Crippen LogP contribution >= 0.6 is 11.8 Å². The highest BCUT2D eigenvalue weighted by atomic mass is 32.2. The zero-order valence-electron chi connectivity index (χ0n) is 15.1. The lowest BCUT2D eigenvalue weighted by atomic mass is 10.2. The maximum Gasteiger partial charge on any atom is 0.351 e. The molecule has 8 heteroatoms. The standard InChI is InChI=1S/C20H17N7S/c1-28-15-6-4-13(5-7-15)24-20-25-18-16(8-9-21-18)19(26-20)23-14-3-2-12-11-22-27-17(12)10-14/h2-11H,1H3,(H,22,27)(H3,21,23,24,25,26)/p+1. The van der Waals surface area contributed by atoms with Gasteiger partial charge >= 0.3 is 5.95 Å². The van der Waals surface area contributed by atoms with Gasteiger partial charge in [-0.15, -0.1) is 11.8 Å². The van der Waals surface area contributed by atoms with Crippen molar-refractivity contribution in [2.24, 2.45) is 0 Å². The molecule has 7 nitrogen and oxygen atoms in total. The summed E-state index contributed by atoms with van der Waals surface area (Å²) in [6.07, 6.45) is 5.77. The van der Waals surface area contributed by atoms with E-state index < -0.39 is 0 Å². The molecular weight excluding hydrogens is 370 g/mol. The van der Waals surface area contributed by atoms with E-state index in [1.165, 1.54) is 4.90 Å². The molecule has 28 heavy (non-hydrogen) atoms. The lowest BCUT2D eigenvalue weighted by molar-refractivity contribution is -0.333. The fourth-order valence-corrected chi connectivity index (χ4v) is 3.51. The number of nitrogens with one attached hydrogen (secondary N) is 5. The second-order valence-electron chi connectivity index (χ2n) is 6.35. The summed E-state index contributed by atoms with van der Waals surface area (Å²) in [7, 11) is 0. The molecule has 0 radical (unpaired) electrons. The summed E-state index contributed by atoms with van der Waals surface area (Å²) in [4.78, 5) is 12.5. The summed E-state index contributed by atoms with van der Waals surface area (Å²) in [6.45, 7) is 0. The number of hydrogen-bond donors (Lipinski definition) is 4. The minimum Gasteiger partial charge on any atom is -0.329 e. The van der Waals surface area contributed by atoms with Gasteiger partial charge in [-0.3, -0.25) is 15.4 Å². The van der Waals surface area contributed by atoms with Crippen molar-refractivity contribution in [3.8, 4) is 0 Å². The molecule has 0 atom stereocenters. The average molecular weight is 388 g/mol. The molecule has 3 aromatic heterocycles. The van der Waals surface area contributed by atoms with Crippen molar-refractivity contribution in [3.63, 3.8) is 0 Å². The molecule has 0 aliphatic rings. The number of nitrogens with zero attached hydrogens (tertiary/aromatic N) is 2. The first-order valence-electron chi connectivity index (χ1n) is 8.80. The van der Waals surface area contributed by atoms with Crippen molar-refractivity contribution in [1.82, 2.24) is 20.2 Å². The van der Waals surface area contributed by atoms with Crippen molar-refractivity contribution in [3.05, 3.63) is 60.9 Å². The third-order valence-corrected chi connectivity index (χ3v) is 5.27. The van der Waals surface area contributed by atoms with Gasteiger partial charge in [0, 0.05) is 22.2 Å². The molecule has 0 bridgehead atoms. The van der Waals surface area contributed by atoms with Gasteiger partial charge in [-0.1, -0.05) is 4.98 Å². The molecule has 0 spiro atoms. The predicted octanol–water partition coefficient (Wildman–Crippen LogP) is 4.46. The first-order chi connectivity index (χ1) is 13.8. The maximum atomic E-state index is 4.75. The van der Waals surface area contributed by atoms with Crippen LogP contribution in [0.4, 0.5) is 23.1 Å². The van der Waals surface area contributed by atoms with Gasteiger partial charge < -0.3 is 5.32 Å². The van der Waals surface area contributed by atoms with Crippen LogP contribution in [0.25, 0.3) is 21.9 Å². The van der Waals surface area contributed by atoms with E-state index in [1.807, 2.05) is 48.8 Å². The van der Waals surface area contributed by atoms with Crippen LogP contribution in [0.2, 0.25) is 0 Å². The monoisotopic (exact) mass is 388 g/mol. The number of rotatable bonds is 5. The van der Waals surface area contributed by atoms with Gasteiger partial charge in [-0.2, -0.15) is 5.10 Å². The Labute approximate surface area is 165 Å². The van der Waals surface area contributed by atoms with E-state index in [4.69, 9.17) is 4.98 Å². The van der Waals surface area contributed by atoms with Crippen LogP contribution in [0.1, 0.15) is 0 Å². The van der Waals surface area contributed by atoms with Gasteiger partial charge in [-0.25, -0.2) is 4.98 Å². The highest BCUT2D eigenvalue weighted by Crippen LogP contribution is 2.26. The first kappa shape index (κ1) is 16.6. The molecular formula is C20H18N7S+. The molecule has 3 heterocycles. The molecule has 138 valence electrons. The number of anilines is 4. The number of aromatic nitrogens is 5. The molecule has 0 fully saturated rings. The van der Waals surface area contributed by atoms with Gasteiger partial charge in [0.1, 0.15) is 0 Å². The van der Waals surface area contributed by atoms with Crippen LogP contribution in [-0.2, 0) is 0 Å². The first-order valence-corrected chi connectivity index (χ1v) is 10.0. The minimum absolute atomic E-state index is 0.650. The summed E-state index contributed by atoms with van der Waals surface area (Å²) in [6, 6.07) is 16.3. The zero-order chi connectivity index (χ0) is 18.9. The molecule has 5 aromatic rings. The Balaban J connectivity index is 1.49. The number of H-pyrrole nitrogens is 3. The Morgan fingerprint density at radius 3 is 2.71 bits per heavy atom. The van der Waals surface area contributed by atoms with Crippen LogP contribution in [-0.4, -0.2) is 26.4 Å². The summed E-state index contributed by atoms with van der Waals surface area (Å²) in [5.74, 6) is 1.41. The normalized spacial score (nSPS) is 11.2. The predicted molar refractivity (Wildman–Crippen MR) is 114 cm³/mol. The SMILES string of the molecule is CSc1ccc(Nc2nc(Nc3ccc4cn[nH]c4c3)c3cc[nH]c3[nH+]2)cc1. The zero-order valence-corrected chi connectivity index (χ0v) is 15.9. The second kappa shape index (κ2) is 6.90. The van der Waals surface area contributed by atoms with E-state index in [1.54, 1.807) is 11.8 Å². The average Bonchev–Trinajstić information content (AvgIpc) is 3.37. The van der Waals surface area contributed by atoms with Crippen molar-refractivity contribution >= 4 is 56.8 Å². The smallest absolute Gasteiger partial charge is 0.329 e. The van der Waals surface area contributed by atoms with E-state index in [-0.39, 0.29) is 0 Å². The number of hydrogen-bond acceptors (Lipinski definition) is 5. The highest BCUT2D eigenvalue weighted by molar-refractivity contribution is 7.98. The maximum absolute atomic E-state index is 4.75. The largest absolute Gasteiger partial charge is 0.351 e. The van der Waals surface area contributed by atoms with E-state index in [9.17, 15) is 0 Å². The minimum atomic E-state index is 0.650. The van der Waals surface area contributed by atoms with Gasteiger partial charge in [-0.05, 0) is 54.8 Å². The van der Waals surface area contributed by atoms with Gasteiger partial charge in [0.15, 0.2) is 0 Å². The molecule has 0 aliphatic heterocycles. The lowest BCUT2D eigenvalue weighted by Gasteiger charge is -2.07. The van der Waals surface area contributed by atoms with E-state index in [0.29, 0.717) is 5.95 Å². The third kappa shape index (κ3) is 3.14. The van der Waals surface area contributed by atoms with E-state index in [2.05, 4.69) is 49.2 Å². The quantitative estimate of drug-likeness (QED) is 0.333. The van der Waals surface area contributed by atoms with Gasteiger partial charge in [0.2, 0.25) is 11.5 Å². The van der Waals surface area contributed by atoms with Crippen LogP contribution in [0.3, 0.4) is 0 Å². The van der Waals surface area contributed by atoms with Gasteiger partial charge in [0.05, 0.1) is 22.8 Å². The fraction of sp³-hybridized carbons (Fsp3) is 0.0500. The molecule has 5 rings (SSSR count). The molecule has 0 aliphatic carbocycles. The van der Waals surface area contributed by atoms with Gasteiger partial charge in [0.25, 0.3) is 0 Å². The van der Waals surface area contributed by atoms with Crippen LogP contribution in [0.5, 0.6) is 0 Å². The summed E-state index contributed by atoms with van der Waals surface area (Å²) in [5.41, 5.74) is 3.78. The summed E-state index contributed by atoms with van der Waals surface area (Å²) < 4.78 is 0. The Bertz CT molecular complexity index is 1260. The van der Waals surface area contributed by atoms with Crippen molar-refractivity contribution in [2.45, 2.75) is 4.90 Å². The Hall–Kier alpha value is -3.52. The number of benzene rings is 2. The topological polar surface area (TPSA) is 95.6 Å². The lowest BCUT2D eigenvalue weighted by Crippen LogP contribution is -2.15. The molecule has 5 N–H and O–H groups in total. The van der Waals surface area contributed by atoms with Crippen LogP contribution in [0.15, 0.2) is 65.8 Å². The Morgan fingerprint density at radius 1 is 1.00 bits per heavy atom.